The standard InChI is InChI=1S/C20H27N5O4/c21-18-14-19(23-7-22-18)25(8-24-14)20-16(27)15(26)13(29-20)6-28-17-11-2-9-1-10(4-11)5-12(17)3-9/h7-13,15-17,20,26-27H,1-6H2,(H2,21,22,23)/t9?,10?,11?,12?,13-,15-,16-,17?,20-/m1/s1. The number of aliphatic hydroxyl groups excluding tert-OH is 2. The van der Waals surface area contributed by atoms with E-state index in [9.17, 15) is 10.2 Å². The van der Waals surface area contributed by atoms with Gasteiger partial charge in [-0.15, -0.1) is 0 Å². The van der Waals surface area contributed by atoms with Crippen molar-refractivity contribution < 1.29 is 19.7 Å². The third kappa shape index (κ3) is 2.78. The van der Waals surface area contributed by atoms with Crippen LogP contribution in [0.2, 0.25) is 0 Å². The van der Waals surface area contributed by atoms with E-state index in [4.69, 9.17) is 15.2 Å². The van der Waals surface area contributed by atoms with Gasteiger partial charge in [0.1, 0.15) is 30.2 Å². The maximum absolute atomic E-state index is 10.6. The molecule has 1 saturated heterocycles. The van der Waals surface area contributed by atoms with Crippen LogP contribution in [0, 0.1) is 23.7 Å². The van der Waals surface area contributed by atoms with E-state index in [1.165, 1.54) is 44.8 Å². The van der Waals surface area contributed by atoms with Crippen molar-refractivity contribution in [1.82, 2.24) is 19.5 Å². The van der Waals surface area contributed by atoms with E-state index in [0.717, 1.165) is 11.8 Å². The molecule has 1 aliphatic heterocycles. The summed E-state index contributed by atoms with van der Waals surface area (Å²) in [4.78, 5) is 12.4. The van der Waals surface area contributed by atoms with E-state index < -0.39 is 24.5 Å². The van der Waals surface area contributed by atoms with Crippen LogP contribution in [-0.4, -0.2) is 60.8 Å². The van der Waals surface area contributed by atoms with Crippen molar-refractivity contribution in [2.24, 2.45) is 23.7 Å². The molecule has 2 aromatic heterocycles. The van der Waals surface area contributed by atoms with Crippen molar-refractivity contribution in [3.05, 3.63) is 12.7 Å². The minimum absolute atomic E-state index is 0.261. The lowest BCUT2D eigenvalue weighted by Gasteiger charge is -2.54. The zero-order valence-electron chi connectivity index (χ0n) is 16.2. The van der Waals surface area contributed by atoms with Gasteiger partial charge in [0.05, 0.1) is 19.0 Å². The molecule has 0 amide bonds. The molecule has 0 aromatic carbocycles. The molecule has 4 atom stereocenters. The number of hydrogen-bond acceptors (Lipinski definition) is 8. The van der Waals surface area contributed by atoms with Crippen LogP contribution in [-0.2, 0) is 9.47 Å². The van der Waals surface area contributed by atoms with Gasteiger partial charge in [-0.25, -0.2) is 15.0 Å². The van der Waals surface area contributed by atoms with Gasteiger partial charge in [0.2, 0.25) is 0 Å². The van der Waals surface area contributed by atoms with Gasteiger partial charge in [0.15, 0.2) is 17.7 Å². The molecule has 3 heterocycles. The second kappa shape index (κ2) is 6.60. The third-order valence-electron chi connectivity index (χ3n) is 7.59. The van der Waals surface area contributed by atoms with Crippen molar-refractivity contribution in [3.63, 3.8) is 0 Å². The summed E-state index contributed by atoms with van der Waals surface area (Å²) in [7, 11) is 0. The molecule has 4 aliphatic carbocycles. The number of imidazole rings is 1. The zero-order valence-corrected chi connectivity index (χ0v) is 16.2. The number of ether oxygens (including phenoxy) is 2. The van der Waals surface area contributed by atoms with Gasteiger partial charge >= 0.3 is 0 Å². The molecular weight excluding hydrogens is 374 g/mol. The molecule has 0 unspecified atom stereocenters. The fraction of sp³-hybridized carbons (Fsp3) is 0.750. The van der Waals surface area contributed by atoms with Crippen molar-refractivity contribution >= 4 is 17.0 Å². The Morgan fingerprint density at radius 3 is 2.48 bits per heavy atom. The van der Waals surface area contributed by atoms with Gasteiger partial charge in [-0.2, -0.15) is 0 Å². The summed E-state index contributed by atoms with van der Waals surface area (Å²) in [5, 5.41) is 21.2. The van der Waals surface area contributed by atoms with Crippen molar-refractivity contribution in [3.8, 4) is 0 Å². The predicted molar refractivity (Wildman–Crippen MR) is 102 cm³/mol. The quantitative estimate of drug-likeness (QED) is 0.688. The molecule has 0 radical (unpaired) electrons. The largest absolute Gasteiger partial charge is 0.387 e. The lowest BCUT2D eigenvalue weighted by atomic mass is 9.55. The van der Waals surface area contributed by atoms with E-state index in [0.29, 0.717) is 23.0 Å². The highest BCUT2D eigenvalue weighted by Gasteiger charge is 2.50. The van der Waals surface area contributed by atoms with Gasteiger partial charge in [-0.05, 0) is 55.8 Å². The van der Waals surface area contributed by atoms with Gasteiger partial charge in [0, 0.05) is 0 Å². The summed E-state index contributed by atoms with van der Waals surface area (Å²) in [6.45, 7) is 0.283. The molecule has 5 fully saturated rings. The first-order valence-corrected chi connectivity index (χ1v) is 10.6. The van der Waals surface area contributed by atoms with Gasteiger partial charge in [-0.1, -0.05) is 0 Å². The Morgan fingerprint density at radius 1 is 1.03 bits per heavy atom. The molecule has 4 bridgehead atoms. The fourth-order valence-corrected chi connectivity index (χ4v) is 6.51. The van der Waals surface area contributed by atoms with Crippen LogP contribution in [0.5, 0.6) is 0 Å². The molecule has 156 valence electrons. The number of anilines is 1. The van der Waals surface area contributed by atoms with Crippen LogP contribution in [0.25, 0.3) is 11.2 Å². The first-order valence-electron chi connectivity index (χ1n) is 10.6. The Morgan fingerprint density at radius 2 is 1.76 bits per heavy atom. The second-order valence-electron chi connectivity index (χ2n) is 9.36. The lowest BCUT2D eigenvalue weighted by Crippen LogP contribution is -2.50. The first-order chi connectivity index (χ1) is 14.1. The number of aromatic nitrogens is 4. The smallest absolute Gasteiger partial charge is 0.167 e. The Balaban J connectivity index is 1.17. The SMILES string of the molecule is Nc1ncnc2c1ncn2[C@@H]1O[C@H](COC2C3CC4CC(C3)CC2C4)[C@@H](O)[C@H]1O. The minimum atomic E-state index is -1.10. The van der Waals surface area contributed by atoms with Crippen LogP contribution in [0.1, 0.15) is 38.3 Å². The molecule has 4 N–H and O–H groups in total. The van der Waals surface area contributed by atoms with Gasteiger partial charge < -0.3 is 25.4 Å². The molecule has 5 aliphatic rings. The Bertz CT molecular complexity index is 891. The highest BCUT2D eigenvalue weighted by Crippen LogP contribution is 2.54. The first kappa shape index (κ1) is 18.0. The average molecular weight is 401 g/mol. The van der Waals surface area contributed by atoms with E-state index in [1.54, 1.807) is 4.57 Å². The number of nitrogens with zero attached hydrogens (tertiary/aromatic N) is 4. The number of fused-ring (bicyclic) bond motifs is 1. The number of hydrogen-bond donors (Lipinski definition) is 3. The third-order valence-corrected chi connectivity index (χ3v) is 7.59. The summed E-state index contributed by atoms with van der Waals surface area (Å²) in [5.41, 5.74) is 6.76. The monoisotopic (exact) mass is 401 g/mol. The molecule has 0 spiro atoms. The fourth-order valence-electron chi connectivity index (χ4n) is 6.51. The lowest BCUT2D eigenvalue weighted by molar-refractivity contribution is -0.153. The van der Waals surface area contributed by atoms with Gasteiger partial charge in [-0.3, -0.25) is 4.57 Å². The summed E-state index contributed by atoms with van der Waals surface area (Å²) in [6, 6.07) is 0. The minimum Gasteiger partial charge on any atom is -0.387 e. The number of aliphatic hydroxyl groups is 2. The molecule has 2 aromatic rings. The normalized spacial score (nSPS) is 43.4. The topological polar surface area (TPSA) is 129 Å². The van der Waals surface area contributed by atoms with Crippen LogP contribution in [0.15, 0.2) is 12.7 Å². The van der Waals surface area contributed by atoms with E-state index in [2.05, 4.69) is 15.0 Å². The maximum atomic E-state index is 10.6. The van der Waals surface area contributed by atoms with Gasteiger partial charge in [0.25, 0.3) is 0 Å². The Kier molecular flexibility index (Phi) is 4.09. The highest BCUT2D eigenvalue weighted by atomic mass is 16.6. The highest BCUT2D eigenvalue weighted by molar-refractivity contribution is 5.81. The summed E-state index contributed by atoms with van der Waals surface area (Å²) < 4.78 is 13.9. The summed E-state index contributed by atoms with van der Waals surface area (Å²) in [5.74, 6) is 3.33. The van der Waals surface area contributed by atoms with Crippen LogP contribution >= 0.6 is 0 Å². The van der Waals surface area contributed by atoms with Crippen molar-refractivity contribution in [1.29, 1.82) is 0 Å². The van der Waals surface area contributed by atoms with E-state index in [1.807, 2.05) is 0 Å². The molecule has 4 saturated carbocycles. The molecule has 9 heteroatoms. The van der Waals surface area contributed by atoms with Crippen LogP contribution < -0.4 is 5.73 Å². The molecule has 9 nitrogen and oxygen atoms in total. The van der Waals surface area contributed by atoms with E-state index >= 15 is 0 Å². The maximum Gasteiger partial charge on any atom is 0.167 e. The van der Waals surface area contributed by atoms with Crippen LogP contribution in [0.4, 0.5) is 5.82 Å². The molecule has 29 heavy (non-hydrogen) atoms. The van der Waals surface area contributed by atoms with Crippen LogP contribution in [0.3, 0.4) is 0 Å². The summed E-state index contributed by atoms with van der Waals surface area (Å²) in [6.07, 6.45) is 6.11. The summed E-state index contributed by atoms with van der Waals surface area (Å²) >= 11 is 0. The number of nitrogens with two attached hydrogens (primary N) is 1. The average Bonchev–Trinajstić information content (AvgIpc) is 3.24. The molecule has 7 rings (SSSR count). The second-order valence-corrected chi connectivity index (χ2v) is 9.36. The predicted octanol–water partition coefficient (Wildman–Crippen LogP) is 0.869. The molecular formula is C20H27N5O4. The zero-order chi connectivity index (χ0) is 19.7. The van der Waals surface area contributed by atoms with Crippen molar-refractivity contribution in [2.45, 2.75) is 62.7 Å². The Labute approximate surface area is 168 Å². The number of rotatable bonds is 4. The van der Waals surface area contributed by atoms with Crippen molar-refractivity contribution in [2.75, 3.05) is 12.3 Å². The number of nitrogen functional groups attached to an aromatic ring is 1. The van der Waals surface area contributed by atoms with E-state index in [-0.39, 0.29) is 18.5 Å². The Hall–Kier alpha value is -1.81.